The molecule has 0 bridgehead atoms. The molecule has 2 heterocycles. The number of aromatic nitrogens is 2. The maximum absolute atomic E-state index is 11.0. The molecule has 1 atom stereocenters. The largest absolute Gasteiger partial charge is 0.355 e. The molecule has 2 rings (SSSR count). The average Bonchev–Trinajstić information content (AvgIpc) is 2.68. The second kappa shape index (κ2) is 5.12. The summed E-state index contributed by atoms with van der Waals surface area (Å²) in [5, 5.41) is 6.30. The van der Waals surface area contributed by atoms with Crippen LogP contribution in [0, 0.1) is 0 Å². The number of carbonyl (C=O) groups excluding carboxylic acids is 1. The van der Waals surface area contributed by atoms with Gasteiger partial charge in [-0.1, -0.05) is 0 Å². The minimum atomic E-state index is 0.169. The Morgan fingerprint density at radius 1 is 1.69 bits per heavy atom. The van der Waals surface area contributed by atoms with E-state index in [1.165, 1.54) is 0 Å². The molecular weight excluding hydrogens is 204 g/mol. The van der Waals surface area contributed by atoms with Crippen molar-refractivity contribution in [3.8, 4) is 0 Å². The number of hydrogen-bond donors (Lipinski definition) is 2. The lowest BCUT2D eigenvalue weighted by atomic mass is 10.1. The van der Waals surface area contributed by atoms with Gasteiger partial charge in [0.05, 0.1) is 0 Å². The Morgan fingerprint density at radius 3 is 3.19 bits per heavy atom. The zero-order valence-electron chi connectivity index (χ0n) is 9.57. The van der Waals surface area contributed by atoms with Crippen LogP contribution in [0.15, 0.2) is 12.4 Å². The highest BCUT2D eigenvalue weighted by Crippen LogP contribution is 2.02. The van der Waals surface area contributed by atoms with E-state index in [1.807, 2.05) is 24.0 Å². The lowest BCUT2D eigenvalue weighted by molar-refractivity contribution is -0.122. The molecule has 5 heteroatoms. The second-order valence-corrected chi connectivity index (χ2v) is 4.20. The van der Waals surface area contributed by atoms with Crippen LogP contribution in [-0.2, 0) is 18.3 Å². The molecule has 88 valence electrons. The van der Waals surface area contributed by atoms with Crippen LogP contribution in [0.5, 0.6) is 0 Å². The summed E-state index contributed by atoms with van der Waals surface area (Å²) in [5.74, 6) is 1.26. The Hall–Kier alpha value is -1.36. The van der Waals surface area contributed by atoms with Crippen molar-refractivity contribution in [3.63, 3.8) is 0 Å². The summed E-state index contributed by atoms with van der Waals surface area (Å²) in [5.41, 5.74) is 0. The van der Waals surface area contributed by atoms with Crippen LogP contribution >= 0.6 is 0 Å². The summed E-state index contributed by atoms with van der Waals surface area (Å²) in [6.45, 7) is 1.66. The number of aryl methyl sites for hydroxylation is 1. The van der Waals surface area contributed by atoms with Gasteiger partial charge in [0.15, 0.2) is 0 Å². The molecule has 0 radical (unpaired) electrons. The lowest BCUT2D eigenvalue weighted by Gasteiger charge is -2.23. The van der Waals surface area contributed by atoms with Gasteiger partial charge in [-0.15, -0.1) is 0 Å². The van der Waals surface area contributed by atoms with E-state index in [1.54, 1.807) is 0 Å². The first-order valence-corrected chi connectivity index (χ1v) is 5.72. The monoisotopic (exact) mass is 222 g/mol. The van der Waals surface area contributed by atoms with Crippen LogP contribution in [0.4, 0.5) is 0 Å². The maximum Gasteiger partial charge on any atom is 0.220 e. The smallest absolute Gasteiger partial charge is 0.220 e. The van der Waals surface area contributed by atoms with Gasteiger partial charge >= 0.3 is 0 Å². The molecule has 1 amide bonds. The van der Waals surface area contributed by atoms with Crippen molar-refractivity contribution in [3.05, 3.63) is 18.2 Å². The van der Waals surface area contributed by atoms with Gasteiger partial charge in [-0.05, 0) is 6.42 Å². The lowest BCUT2D eigenvalue weighted by Crippen LogP contribution is -2.46. The van der Waals surface area contributed by atoms with Crippen molar-refractivity contribution in [2.75, 3.05) is 13.1 Å². The van der Waals surface area contributed by atoms with E-state index in [0.29, 0.717) is 12.5 Å². The molecule has 1 aromatic rings. The standard InChI is InChI=1S/C11H18N4O/c1-15-7-6-13-10(15)4-5-12-9-2-3-11(16)14-8-9/h6-7,9,12H,2-5,8H2,1H3,(H,14,16). The highest BCUT2D eigenvalue weighted by molar-refractivity contribution is 5.76. The number of nitrogens with one attached hydrogen (secondary N) is 2. The summed E-state index contributed by atoms with van der Waals surface area (Å²) in [7, 11) is 2.00. The topological polar surface area (TPSA) is 59.0 Å². The van der Waals surface area contributed by atoms with E-state index in [4.69, 9.17) is 0 Å². The van der Waals surface area contributed by atoms with E-state index < -0.39 is 0 Å². The molecule has 1 aromatic heterocycles. The summed E-state index contributed by atoms with van der Waals surface area (Å²) in [4.78, 5) is 15.2. The Morgan fingerprint density at radius 2 is 2.56 bits per heavy atom. The van der Waals surface area contributed by atoms with Crippen LogP contribution in [0.3, 0.4) is 0 Å². The van der Waals surface area contributed by atoms with Gasteiger partial charge in [0.1, 0.15) is 5.82 Å². The summed E-state index contributed by atoms with van der Waals surface area (Å²) in [6, 6.07) is 0.415. The first-order valence-electron chi connectivity index (χ1n) is 5.72. The van der Waals surface area contributed by atoms with Crippen LogP contribution in [0.1, 0.15) is 18.7 Å². The zero-order valence-corrected chi connectivity index (χ0v) is 9.57. The number of nitrogens with zero attached hydrogens (tertiary/aromatic N) is 2. The molecule has 1 aliphatic rings. The van der Waals surface area contributed by atoms with Gasteiger partial charge in [0, 0.05) is 51.4 Å². The molecule has 5 nitrogen and oxygen atoms in total. The first-order chi connectivity index (χ1) is 7.75. The highest BCUT2D eigenvalue weighted by Gasteiger charge is 2.16. The quantitative estimate of drug-likeness (QED) is 0.743. The van der Waals surface area contributed by atoms with Crippen molar-refractivity contribution >= 4 is 5.91 Å². The zero-order chi connectivity index (χ0) is 11.4. The van der Waals surface area contributed by atoms with Crippen molar-refractivity contribution in [2.45, 2.75) is 25.3 Å². The van der Waals surface area contributed by atoms with Gasteiger partial charge in [0.2, 0.25) is 5.91 Å². The SMILES string of the molecule is Cn1ccnc1CCNC1CCC(=O)NC1. The Kier molecular flexibility index (Phi) is 3.56. The van der Waals surface area contributed by atoms with Crippen molar-refractivity contribution < 1.29 is 4.79 Å². The molecule has 1 unspecified atom stereocenters. The molecule has 0 aliphatic carbocycles. The third kappa shape index (κ3) is 2.82. The molecule has 2 N–H and O–H groups in total. The third-order valence-electron chi connectivity index (χ3n) is 2.97. The normalized spacial score (nSPS) is 20.8. The van der Waals surface area contributed by atoms with Crippen LogP contribution in [0.25, 0.3) is 0 Å². The van der Waals surface area contributed by atoms with Gasteiger partial charge in [-0.25, -0.2) is 4.98 Å². The molecule has 1 aliphatic heterocycles. The highest BCUT2D eigenvalue weighted by atomic mass is 16.1. The molecule has 1 saturated heterocycles. The number of rotatable bonds is 4. The van der Waals surface area contributed by atoms with Crippen LogP contribution in [-0.4, -0.2) is 34.6 Å². The number of amides is 1. The Balaban J connectivity index is 1.68. The van der Waals surface area contributed by atoms with Gasteiger partial charge in [0.25, 0.3) is 0 Å². The van der Waals surface area contributed by atoms with E-state index in [2.05, 4.69) is 15.6 Å². The summed E-state index contributed by atoms with van der Waals surface area (Å²) >= 11 is 0. The number of carbonyl (C=O) groups is 1. The Bertz CT molecular complexity index is 351. The van der Waals surface area contributed by atoms with Crippen molar-refractivity contribution in [1.82, 2.24) is 20.2 Å². The predicted molar refractivity (Wildman–Crippen MR) is 60.9 cm³/mol. The van der Waals surface area contributed by atoms with Crippen LogP contribution < -0.4 is 10.6 Å². The maximum atomic E-state index is 11.0. The summed E-state index contributed by atoms with van der Waals surface area (Å²) < 4.78 is 2.03. The number of hydrogen-bond acceptors (Lipinski definition) is 3. The fourth-order valence-electron chi connectivity index (χ4n) is 1.93. The molecule has 0 aromatic carbocycles. The van der Waals surface area contributed by atoms with Crippen molar-refractivity contribution in [2.24, 2.45) is 7.05 Å². The van der Waals surface area contributed by atoms with E-state index in [9.17, 15) is 4.79 Å². The second-order valence-electron chi connectivity index (χ2n) is 4.20. The third-order valence-corrected chi connectivity index (χ3v) is 2.97. The molecule has 16 heavy (non-hydrogen) atoms. The fourth-order valence-corrected chi connectivity index (χ4v) is 1.93. The minimum absolute atomic E-state index is 0.169. The number of imidazole rings is 1. The fraction of sp³-hybridized carbons (Fsp3) is 0.636. The van der Waals surface area contributed by atoms with E-state index in [0.717, 1.165) is 31.8 Å². The van der Waals surface area contributed by atoms with E-state index in [-0.39, 0.29) is 5.91 Å². The van der Waals surface area contributed by atoms with Gasteiger partial charge in [-0.3, -0.25) is 4.79 Å². The average molecular weight is 222 g/mol. The van der Waals surface area contributed by atoms with Crippen LogP contribution in [0.2, 0.25) is 0 Å². The van der Waals surface area contributed by atoms with Gasteiger partial charge in [-0.2, -0.15) is 0 Å². The molecule has 0 spiro atoms. The Labute approximate surface area is 95.2 Å². The predicted octanol–water partition coefficient (Wildman–Crippen LogP) is -0.169. The van der Waals surface area contributed by atoms with Gasteiger partial charge < -0.3 is 15.2 Å². The molecule has 0 saturated carbocycles. The first kappa shape index (κ1) is 11.1. The molecular formula is C11H18N4O. The minimum Gasteiger partial charge on any atom is -0.355 e. The summed E-state index contributed by atoms with van der Waals surface area (Å²) in [6.07, 6.45) is 6.27. The molecule has 1 fully saturated rings. The number of piperidine rings is 1. The van der Waals surface area contributed by atoms with Crippen molar-refractivity contribution in [1.29, 1.82) is 0 Å². The van der Waals surface area contributed by atoms with E-state index >= 15 is 0 Å².